The second kappa shape index (κ2) is 7.56. The van der Waals surface area contributed by atoms with Crippen LogP contribution >= 0.6 is 0 Å². The minimum absolute atomic E-state index is 0. The van der Waals surface area contributed by atoms with Gasteiger partial charge in [0.15, 0.2) is 0 Å². The molecule has 96 valence electrons. The average molecular weight is 282 g/mol. The number of hydrogen-bond acceptors (Lipinski definition) is 5. The van der Waals surface area contributed by atoms with Crippen LogP contribution in [0.3, 0.4) is 0 Å². The molecular weight excluding hydrogens is 267 g/mol. The van der Waals surface area contributed by atoms with E-state index in [2.05, 4.69) is 5.32 Å². The number of aliphatic carboxylic acids is 2. The molecule has 18 heavy (non-hydrogen) atoms. The largest absolute Gasteiger partial charge is 1.00 e. The third-order valence-electron chi connectivity index (χ3n) is 2.94. The SMILES string of the molecule is N[C@@H](CC(=O)O)C(=O)NC1(C(=O)[O-])CCCC1.[K+]. The van der Waals surface area contributed by atoms with Gasteiger partial charge in [0.1, 0.15) is 0 Å². The van der Waals surface area contributed by atoms with Crippen LogP contribution in [0.25, 0.3) is 0 Å². The smallest absolute Gasteiger partial charge is 0.548 e. The van der Waals surface area contributed by atoms with Crippen molar-refractivity contribution in [2.24, 2.45) is 5.73 Å². The second-order valence-corrected chi connectivity index (χ2v) is 4.27. The number of carboxylic acids is 2. The summed E-state index contributed by atoms with van der Waals surface area (Å²) in [5, 5.41) is 21.8. The van der Waals surface area contributed by atoms with Gasteiger partial charge in [-0.15, -0.1) is 0 Å². The maximum absolute atomic E-state index is 11.6. The molecule has 1 saturated carbocycles. The van der Waals surface area contributed by atoms with E-state index in [9.17, 15) is 19.5 Å². The molecule has 0 saturated heterocycles. The molecular formula is C10H15KN2O5. The number of nitrogens with two attached hydrogens (primary N) is 1. The van der Waals surface area contributed by atoms with E-state index in [1.165, 1.54) is 0 Å². The maximum Gasteiger partial charge on any atom is 1.00 e. The van der Waals surface area contributed by atoms with Gasteiger partial charge >= 0.3 is 57.4 Å². The van der Waals surface area contributed by atoms with Crippen LogP contribution in [0, 0.1) is 0 Å². The monoisotopic (exact) mass is 282 g/mol. The number of amides is 1. The molecule has 1 aliphatic carbocycles. The van der Waals surface area contributed by atoms with E-state index in [1.54, 1.807) is 0 Å². The quantitative estimate of drug-likeness (QED) is 0.432. The number of hydrogen-bond donors (Lipinski definition) is 3. The maximum atomic E-state index is 11.6. The van der Waals surface area contributed by atoms with Crippen molar-refractivity contribution in [3.8, 4) is 0 Å². The number of carboxylic acid groups (broad SMARTS) is 2. The Morgan fingerprint density at radius 3 is 2.22 bits per heavy atom. The number of carbonyl (C=O) groups is 3. The molecule has 0 spiro atoms. The molecule has 0 aromatic rings. The second-order valence-electron chi connectivity index (χ2n) is 4.27. The van der Waals surface area contributed by atoms with E-state index >= 15 is 0 Å². The summed E-state index contributed by atoms with van der Waals surface area (Å²) in [6.45, 7) is 0. The number of carbonyl (C=O) groups excluding carboxylic acids is 2. The normalized spacial score (nSPS) is 18.5. The van der Waals surface area contributed by atoms with E-state index in [0.717, 1.165) is 0 Å². The van der Waals surface area contributed by atoms with Gasteiger partial charge in [0.25, 0.3) is 0 Å². The van der Waals surface area contributed by atoms with Gasteiger partial charge in [-0.1, -0.05) is 12.8 Å². The third kappa shape index (κ3) is 4.60. The first-order valence-electron chi connectivity index (χ1n) is 5.38. The fraction of sp³-hybridized carbons (Fsp3) is 0.700. The molecule has 1 amide bonds. The fourth-order valence-electron chi connectivity index (χ4n) is 1.97. The molecule has 1 atom stereocenters. The van der Waals surface area contributed by atoms with E-state index in [-0.39, 0.29) is 51.4 Å². The zero-order chi connectivity index (χ0) is 13.1. The van der Waals surface area contributed by atoms with Crippen molar-refractivity contribution in [3.63, 3.8) is 0 Å². The van der Waals surface area contributed by atoms with Crippen LogP contribution in [-0.2, 0) is 14.4 Å². The summed E-state index contributed by atoms with van der Waals surface area (Å²) in [6, 6.07) is -1.25. The summed E-state index contributed by atoms with van der Waals surface area (Å²) < 4.78 is 0. The van der Waals surface area contributed by atoms with Gasteiger partial charge in [0, 0.05) is 0 Å². The summed E-state index contributed by atoms with van der Waals surface area (Å²) in [5.74, 6) is -3.31. The Kier molecular flexibility index (Phi) is 7.56. The Morgan fingerprint density at radius 1 is 1.33 bits per heavy atom. The summed E-state index contributed by atoms with van der Waals surface area (Å²) >= 11 is 0. The Hall–Kier alpha value is 0.00636. The van der Waals surface area contributed by atoms with Crippen molar-refractivity contribution < 1.29 is 76.0 Å². The van der Waals surface area contributed by atoms with Crippen LogP contribution in [0.5, 0.6) is 0 Å². The fourth-order valence-corrected chi connectivity index (χ4v) is 1.97. The Labute approximate surface area is 147 Å². The molecule has 8 heteroatoms. The van der Waals surface area contributed by atoms with Crippen molar-refractivity contribution in [1.82, 2.24) is 5.32 Å². The molecule has 0 bridgehead atoms. The van der Waals surface area contributed by atoms with Gasteiger partial charge in [-0.2, -0.15) is 0 Å². The molecule has 0 aromatic carbocycles. The third-order valence-corrected chi connectivity index (χ3v) is 2.94. The van der Waals surface area contributed by atoms with E-state index in [0.29, 0.717) is 25.7 Å². The van der Waals surface area contributed by atoms with Crippen LogP contribution in [0.4, 0.5) is 0 Å². The molecule has 0 heterocycles. The number of nitrogens with one attached hydrogen (secondary N) is 1. The van der Waals surface area contributed by atoms with Crippen molar-refractivity contribution in [2.45, 2.75) is 43.7 Å². The average Bonchev–Trinajstić information content (AvgIpc) is 2.66. The zero-order valence-corrected chi connectivity index (χ0v) is 13.4. The van der Waals surface area contributed by atoms with Crippen molar-refractivity contribution >= 4 is 17.8 Å². The Bertz CT molecular complexity index is 341. The first-order chi connectivity index (χ1) is 7.87. The van der Waals surface area contributed by atoms with Crippen LogP contribution in [0.15, 0.2) is 0 Å². The summed E-state index contributed by atoms with van der Waals surface area (Å²) in [4.78, 5) is 33.0. The summed E-state index contributed by atoms with van der Waals surface area (Å²) in [6.07, 6.45) is 1.42. The molecule has 0 radical (unpaired) electrons. The zero-order valence-electron chi connectivity index (χ0n) is 10.3. The Balaban J connectivity index is 0.00000289. The molecule has 4 N–H and O–H groups in total. The minimum Gasteiger partial charge on any atom is -0.548 e. The van der Waals surface area contributed by atoms with Gasteiger partial charge in [0.05, 0.1) is 24.0 Å². The number of rotatable bonds is 5. The van der Waals surface area contributed by atoms with Crippen LogP contribution < -0.4 is 67.5 Å². The topological polar surface area (TPSA) is 133 Å². The van der Waals surface area contributed by atoms with Gasteiger partial charge in [0.2, 0.25) is 5.91 Å². The van der Waals surface area contributed by atoms with Gasteiger partial charge in [-0.05, 0) is 12.8 Å². The predicted octanol–water partition coefficient (Wildman–Crippen LogP) is -5.03. The molecule has 1 rings (SSSR count). The van der Waals surface area contributed by atoms with Crippen LogP contribution in [0.2, 0.25) is 0 Å². The summed E-state index contributed by atoms with van der Waals surface area (Å²) in [5.41, 5.74) is 3.97. The molecule has 0 unspecified atom stereocenters. The van der Waals surface area contributed by atoms with Crippen LogP contribution in [0.1, 0.15) is 32.1 Å². The van der Waals surface area contributed by atoms with Gasteiger partial charge in [-0.3, -0.25) is 9.59 Å². The Morgan fingerprint density at radius 2 is 1.83 bits per heavy atom. The van der Waals surface area contributed by atoms with Gasteiger partial charge < -0.3 is 26.1 Å². The van der Waals surface area contributed by atoms with E-state index < -0.39 is 35.8 Å². The first kappa shape index (κ1) is 18.0. The standard InChI is InChI=1S/C10H16N2O5.K/c11-6(5-7(13)14)8(15)12-10(9(16)17)3-1-2-4-10;/h6H,1-5,11H2,(H,12,15)(H,13,14)(H,16,17);/q;+1/p-1/t6-;/m0./s1. The van der Waals surface area contributed by atoms with E-state index in [4.69, 9.17) is 10.8 Å². The molecule has 7 nitrogen and oxygen atoms in total. The van der Waals surface area contributed by atoms with E-state index in [1.807, 2.05) is 0 Å². The first-order valence-corrected chi connectivity index (χ1v) is 5.38. The predicted molar refractivity (Wildman–Crippen MR) is 54.6 cm³/mol. The van der Waals surface area contributed by atoms with Crippen molar-refractivity contribution in [3.05, 3.63) is 0 Å². The minimum atomic E-state index is -1.38. The van der Waals surface area contributed by atoms with Crippen LogP contribution in [-0.4, -0.2) is 34.5 Å². The molecule has 1 aliphatic rings. The summed E-state index contributed by atoms with van der Waals surface area (Å²) in [7, 11) is 0. The molecule has 0 aliphatic heterocycles. The molecule has 0 aromatic heterocycles. The van der Waals surface area contributed by atoms with Crippen molar-refractivity contribution in [1.29, 1.82) is 0 Å². The molecule has 1 fully saturated rings. The van der Waals surface area contributed by atoms with Gasteiger partial charge in [-0.25, -0.2) is 0 Å². The van der Waals surface area contributed by atoms with Crippen molar-refractivity contribution in [2.75, 3.05) is 0 Å².